The SMILES string of the molecule is Cl.OCC(F)(F)[C@H](c1ccc(Br)cc1Cl)N1CCNCC1. The molecule has 0 aliphatic carbocycles. The largest absolute Gasteiger partial charge is 0.390 e. The maximum Gasteiger partial charge on any atom is 0.289 e. The van der Waals surface area contributed by atoms with Crippen LogP contribution in [0.25, 0.3) is 0 Å². The number of alkyl halides is 2. The number of rotatable bonds is 4. The lowest BCUT2D eigenvalue weighted by Crippen LogP contribution is -2.51. The summed E-state index contributed by atoms with van der Waals surface area (Å²) < 4.78 is 29.1. The summed E-state index contributed by atoms with van der Waals surface area (Å²) in [4.78, 5) is 1.67. The first-order chi connectivity index (χ1) is 9.45. The van der Waals surface area contributed by atoms with Crippen molar-refractivity contribution in [2.24, 2.45) is 0 Å². The molecule has 1 aromatic carbocycles. The van der Waals surface area contributed by atoms with Crippen molar-refractivity contribution in [2.45, 2.75) is 12.0 Å². The molecule has 1 saturated heterocycles. The van der Waals surface area contributed by atoms with Gasteiger partial charge in [0.15, 0.2) is 0 Å². The van der Waals surface area contributed by atoms with E-state index in [0.717, 1.165) is 4.47 Å². The molecule has 0 spiro atoms. The highest BCUT2D eigenvalue weighted by atomic mass is 79.9. The van der Waals surface area contributed by atoms with Crippen molar-refractivity contribution in [1.82, 2.24) is 10.2 Å². The van der Waals surface area contributed by atoms with Gasteiger partial charge in [-0.1, -0.05) is 33.6 Å². The monoisotopic (exact) mass is 404 g/mol. The lowest BCUT2D eigenvalue weighted by molar-refractivity contribution is -0.118. The number of nitrogens with zero attached hydrogens (tertiary/aromatic N) is 1. The lowest BCUT2D eigenvalue weighted by Gasteiger charge is -2.39. The molecule has 2 rings (SSSR count). The van der Waals surface area contributed by atoms with Crippen molar-refractivity contribution < 1.29 is 13.9 Å². The number of hydrogen-bond acceptors (Lipinski definition) is 3. The average molecular weight is 406 g/mol. The molecule has 1 aliphatic heterocycles. The van der Waals surface area contributed by atoms with Crippen LogP contribution in [0.15, 0.2) is 22.7 Å². The van der Waals surface area contributed by atoms with Gasteiger partial charge in [0.25, 0.3) is 5.92 Å². The van der Waals surface area contributed by atoms with Gasteiger partial charge in [0.2, 0.25) is 0 Å². The Kier molecular flexibility index (Phi) is 7.30. The second-order valence-corrected chi connectivity index (χ2v) is 6.10. The van der Waals surface area contributed by atoms with Crippen molar-refractivity contribution in [2.75, 3.05) is 32.8 Å². The van der Waals surface area contributed by atoms with Gasteiger partial charge in [0, 0.05) is 35.7 Å². The zero-order valence-corrected chi connectivity index (χ0v) is 14.3. The maximum atomic E-state index is 14.2. The highest BCUT2D eigenvalue weighted by molar-refractivity contribution is 9.10. The molecule has 0 amide bonds. The minimum Gasteiger partial charge on any atom is -0.390 e. The zero-order valence-electron chi connectivity index (χ0n) is 11.2. The molecule has 0 aromatic heterocycles. The van der Waals surface area contributed by atoms with E-state index in [2.05, 4.69) is 21.2 Å². The van der Waals surface area contributed by atoms with Gasteiger partial charge in [-0.25, -0.2) is 8.78 Å². The number of aliphatic hydroxyl groups excluding tert-OH is 1. The van der Waals surface area contributed by atoms with Crippen molar-refractivity contribution in [3.05, 3.63) is 33.3 Å². The van der Waals surface area contributed by atoms with E-state index in [1.54, 1.807) is 23.1 Å². The number of piperazine rings is 1. The van der Waals surface area contributed by atoms with Gasteiger partial charge in [0.1, 0.15) is 12.6 Å². The summed E-state index contributed by atoms with van der Waals surface area (Å²) in [5, 5.41) is 12.5. The zero-order chi connectivity index (χ0) is 14.8. The van der Waals surface area contributed by atoms with Crippen LogP contribution in [-0.4, -0.2) is 48.7 Å². The fraction of sp³-hybridized carbons (Fsp3) is 0.538. The van der Waals surface area contributed by atoms with E-state index >= 15 is 0 Å². The summed E-state index contributed by atoms with van der Waals surface area (Å²) in [6.45, 7) is 1.07. The van der Waals surface area contributed by atoms with E-state index in [1.807, 2.05) is 0 Å². The van der Waals surface area contributed by atoms with E-state index in [1.165, 1.54) is 0 Å². The molecular formula is C13H17BrCl2F2N2O. The van der Waals surface area contributed by atoms with Gasteiger partial charge in [-0.2, -0.15) is 0 Å². The first-order valence-corrected chi connectivity index (χ1v) is 7.51. The van der Waals surface area contributed by atoms with Crippen molar-refractivity contribution >= 4 is 39.9 Å². The molecule has 0 unspecified atom stereocenters. The summed E-state index contributed by atoms with van der Waals surface area (Å²) in [5.41, 5.74) is 0.343. The molecule has 1 heterocycles. The number of aliphatic hydroxyl groups is 1. The molecule has 1 aromatic rings. The van der Waals surface area contributed by atoms with Crippen LogP contribution < -0.4 is 5.32 Å². The Morgan fingerprint density at radius 1 is 1.38 bits per heavy atom. The quantitative estimate of drug-likeness (QED) is 0.807. The molecular weight excluding hydrogens is 389 g/mol. The third-order valence-corrected chi connectivity index (χ3v) is 4.21. The van der Waals surface area contributed by atoms with Gasteiger partial charge >= 0.3 is 0 Å². The van der Waals surface area contributed by atoms with Gasteiger partial charge in [-0.15, -0.1) is 12.4 Å². The minimum atomic E-state index is -3.24. The molecule has 3 nitrogen and oxygen atoms in total. The van der Waals surface area contributed by atoms with E-state index in [9.17, 15) is 8.78 Å². The van der Waals surface area contributed by atoms with Gasteiger partial charge < -0.3 is 10.4 Å². The van der Waals surface area contributed by atoms with Crippen molar-refractivity contribution in [3.8, 4) is 0 Å². The van der Waals surface area contributed by atoms with Crippen molar-refractivity contribution in [1.29, 1.82) is 0 Å². The number of hydrogen-bond donors (Lipinski definition) is 2. The van der Waals surface area contributed by atoms with Crippen LogP contribution in [0.5, 0.6) is 0 Å². The Bertz CT molecular complexity index is 473. The van der Waals surface area contributed by atoms with Gasteiger partial charge in [0.05, 0.1) is 0 Å². The second-order valence-electron chi connectivity index (χ2n) is 4.77. The molecule has 2 N–H and O–H groups in total. The molecule has 8 heteroatoms. The Labute approximate surface area is 142 Å². The van der Waals surface area contributed by atoms with E-state index in [-0.39, 0.29) is 17.4 Å². The van der Waals surface area contributed by atoms with Crippen LogP contribution in [0.2, 0.25) is 5.02 Å². The van der Waals surface area contributed by atoms with Gasteiger partial charge in [-0.3, -0.25) is 4.90 Å². The fourth-order valence-electron chi connectivity index (χ4n) is 2.44. The first kappa shape index (κ1) is 19.1. The Morgan fingerprint density at radius 3 is 2.52 bits per heavy atom. The number of nitrogens with one attached hydrogen (secondary N) is 1. The fourth-order valence-corrected chi connectivity index (χ4v) is 3.22. The summed E-state index contributed by atoms with van der Waals surface area (Å²) in [6, 6.07) is 3.65. The molecule has 0 bridgehead atoms. The summed E-state index contributed by atoms with van der Waals surface area (Å²) >= 11 is 9.38. The number of halogens is 5. The van der Waals surface area contributed by atoms with Crippen LogP contribution in [0.3, 0.4) is 0 Å². The Hall–Kier alpha value is 0.0200. The van der Waals surface area contributed by atoms with Crippen LogP contribution >= 0.6 is 39.9 Å². The van der Waals surface area contributed by atoms with Crippen molar-refractivity contribution in [3.63, 3.8) is 0 Å². The predicted octanol–water partition coefficient (Wildman–Crippen LogP) is 3.10. The molecule has 1 fully saturated rings. The number of benzene rings is 1. The topological polar surface area (TPSA) is 35.5 Å². The molecule has 1 aliphatic rings. The standard InChI is InChI=1S/C13H16BrClF2N2O.ClH/c14-9-1-2-10(11(15)7-9)12(13(16,17)8-20)19-5-3-18-4-6-19;/h1-2,7,12,18,20H,3-6,8H2;1H/t12-;/m0./s1. The summed E-state index contributed by atoms with van der Waals surface area (Å²) in [7, 11) is 0. The summed E-state index contributed by atoms with van der Waals surface area (Å²) in [5.74, 6) is -3.24. The average Bonchev–Trinajstić information content (AvgIpc) is 2.43. The minimum absolute atomic E-state index is 0. The second kappa shape index (κ2) is 8.04. The van der Waals surface area contributed by atoms with Crippen LogP contribution in [-0.2, 0) is 0 Å². The van der Waals surface area contributed by atoms with E-state index in [4.69, 9.17) is 16.7 Å². The molecule has 21 heavy (non-hydrogen) atoms. The molecule has 0 saturated carbocycles. The maximum absolute atomic E-state index is 14.2. The third-order valence-electron chi connectivity index (χ3n) is 3.38. The Morgan fingerprint density at radius 2 is 2.00 bits per heavy atom. The highest BCUT2D eigenvalue weighted by Crippen LogP contribution is 2.40. The third kappa shape index (κ3) is 4.50. The first-order valence-electron chi connectivity index (χ1n) is 6.34. The van der Waals surface area contributed by atoms with Crippen LogP contribution in [0.4, 0.5) is 8.78 Å². The predicted molar refractivity (Wildman–Crippen MR) is 85.6 cm³/mol. The molecule has 0 radical (unpaired) electrons. The Balaban J connectivity index is 0.00000220. The molecule has 1 atom stereocenters. The summed E-state index contributed by atoms with van der Waals surface area (Å²) in [6.07, 6.45) is 0. The van der Waals surface area contributed by atoms with E-state index in [0.29, 0.717) is 31.7 Å². The van der Waals surface area contributed by atoms with Crippen LogP contribution in [0.1, 0.15) is 11.6 Å². The van der Waals surface area contributed by atoms with Gasteiger partial charge in [-0.05, 0) is 17.7 Å². The smallest absolute Gasteiger partial charge is 0.289 e. The highest BCUT2D eigenvalue weighted by Gasteiger charge is 2.44. The van der Waals surface area contributed by atoms with E-state index < -0.39 is 18.6 Å². The van der Waals surface area contributed by atoms with Crippen LogP contribution in [0, 0.1) is 0 Å². The lowest BCUT2D eigenvalue weighted by atomic mass is 9.98. The normalized spacial score (nSPS) is 18.1. The molecule has 120 valence electrons.